The third-order valence-electron chi connectivity index (χ3n) is 4.79. The molecule has 30 heavy (non-hydrogen) atoms. The van der Waals surface area contributed by atoms with Crippen LogP contribution < -0.4 is 20.5 Å². The Morgan fingerprint density at radius 2 is 1.97 bits per heavy atom. The fourth-order valence-corrected chi connectivity index (χ4v) is 3.16. The molecule has 1 amide bonds. The maximum absolute atomic E-state index is 12.8. The SMILES string of the molecule is CC(C)C(=O)Nn1ccc2c(cnc3nc(-c4ccc5c(c4)OCCO5)nn32)c1=O. The van der Waals surface area contributed by atoms with Crippen molar-refractivity contribution < 1.29 is 14.3 Å². The van der Waals surface area contributed by atoms with E-state index in [1.54, 1.807) is 19.9 Å². The number of benzene rings is 1. The van der Waals surface area contributed by atoms with Gasteiger partial charge in [-0.3, -0.25) is 15.0 Å². The Bertz CT molecular complexity index is 1360. The van der Waals surface area contributed by atoms with Gasteiger partial charge in [0.15, 0.2) is 17.3 Å². The lowest BCUT2D eigenvalue weighted by molar-refractivity contribution is -0.119. The van der Waals surface area contributed by atoms with Crippen LogP contribution in [0, 0.1) is 5.92 Å². The molecule has 0 spiro atoms. The number of hydrogen-bond donors (Lipinski definition) is 1. The highest BCUT2D eigenvalue weighted by molar-refractivity contribution is 5.86. The van der Waals surface area contributed by atoms with Crippen molar-refractivity contribution in [2.24, 2.45) is 5.92 Å². The molecule has 3 aromatic heterocycles. The summed E-state index contributed by atoms with van der Waals surface area (Å²) >= 11 is 0. The van der Waals surface area contributed by atoms with Gasteiger partial charge in [0.25, 0.3) is 11.3 Å². The number of ether oxygens (including phenoxy) is 2. The van der Waals surface area contributed by atoms with Gasteiger partial charge >= 0.3 is 0 Å². The molecule has 5 rings (SSSR count). The molecule has 0 saturated heterocycles. The standard InChI is InChI=1S/C20H18N6O4/c1-11(2)18(27)24-25-6-5-14-13(19(25)28)10-21-20-22-17(23-26(14)20)12-3-4-15-16(9-12)30-8-7-29-15/h3-6,9-11H,7-8H2,1-2H3,(H,24,27). The normalized spacial score (nSPS) is 13.2. The fraction of sp³-hybridized carbons (Fsp3) is 0.250. The van der Waals surface area contributed by atoms with Gasteiger partial charge in [-0.15, -0.1) is 5.10 Å². The Hall–Kier alpha value is -3.95. The molecule has 0 aliphatic carbocycles. The quantitative estimate of drug-likeness (QED) is 0.550. The molecular formula is C20H18N6O4. The Kier molecular flexibility index (Phi) is 4.12. The van der Waals surface area contributed by atoms with Gasteiger partial charge in [-0.25, -0.2) is 9.66 Å². The van der Waals surface area contributed by atoms with E-state index >= 15 is 0 Å². The number of rotatable bonds is 3. The zero-order chi connectivity index (χ0) is 20.8. The predicted octanol–water partition coefficient (Wildman–Crippen LogP) is 1.60. The van der Waals surface area contributed by atoms with Crippen molar-refractivity contribution in [3.63, 3.8) is 0 Å². The highest BCUT2D eigenvalue weighted by Gasteiger charge is 2.17. The van der Waals surface area contributed by atoms with E-state index in [1.807, 2.05) is 18.2 Å². The number of pyridine rings is 1. The Morgan fingerprint density at radius 3 is 2.77 bits per heavy atom. The molecule has 0 atom stereocenters. The van der Waals surface area contributed by atoms with Crippen molar-refractivity contribution in [3.8, 4) is 22.9 Å². The summed E-state index contributed by atoms with van der Waals surface area (Å²) in [4.78, 5) is 33.5. The molecule has 10 heteroatoms. The molecule has 4 aromatic rings. The summed E-state index contributed by atoms with van der Waals surface area (Å²) in [5.74, 6) is 1.62. The topological polar surface area (TPSA) is 113 Å². The molecule has 0 unspecified atom stereocenters. The minimum Gasteiger partial charge on any atom is -0.486 e. The summed E-state index contributed by atoms with van der Waals surface area (Å²) in [7, 11) is 0. The largest absolute Gasteiger partial charge is 0.486 e. The van der Waals surface area contributed by atoms with E-state index in [1.165, 1.54) is 16.9 Å². The Balaban J connectivity index is 1.59. The van der Waals surface area contributed by atoms with Crippen LogP contribution in [0.5, 0.6) is 11.5 Å². The van der Waals surface area contributed by atoms with Crippen molar-refractivity contribution >= 4 is 22.6 Å². The van der Waals surface area contributed by atoms with E-state index in [4.69, 9.17) is 9.47 Å². The van der Waals surface area contributed by atoms with Crippen LogP contribution in [0.25, 0.3) is 28.1 Å². The number of amides is 1. The van der Waals surface area contributed by atoms with Gasteiger partial charge in [0, 0.05) is 23.9 Å². The summed E-state index contributed by atoms with van der Waals surface area (Å²) < 4.78 is 13.8. The average molecular weight is 406 g/mol. The van der Waals surface area contributed by atoms with E-state index in [0.29, 0.717) is 47.2 Å². The number of fused-ring (bicyclic) bond motifs is 4. The lowest BCUT2D eigenvalue weighted by atomic mass is 10.2. The highest BCUT2D eigenvalue weighted by atomic mass is 16.6. The first-order valence-corrected chi connectivity index (χ1v) is 9.49. The first-order valence-electron chi connectivity index (χ1n) is 9.49. The van der Waals surface area contributed by atoms with Crippen molar-refractivity contribution in [1.29, 1.82) is 0 Å². The fourth-order valence-electron chi connectivity index (χ4n) is 3.16. The molecule has 0 saturated carbocycles. The van der Waals surface area contributed by atoms with Gasteiger partial charge < -0.3 is 9.47 Å². The molecule has 1 aromatic carbocycles. The minimum absolute atomic E-state index is 0.253. The van der Waals surface area contributed by atoms with E-state index in [-0.39, 0.29) is 11.8 Å². The predicted molar refractivity (Wildman–Crippen MR) is 108 cm³/mol. The van der Waals surface area contributed by atoms with Crippen LogP contribution in [0.2, 0.25) is 0 Å². The summed E-state index contributed by atoms with van der Waals surface area (Å²) in [5, 5.41) is 4.84. The average Bonchev–Trinajstić information content (AvgIpc) is 3.20. The molecule has 0 radical (unpaired) electrons. The number of carbonyl (C=O) groups is 1. The first-order chi connectivity index (χ1) is 14.5. The number of nitrogens with one attached hydrogen (secondary N) is 1. The van der Waals surface area contributed by atoms with E-state index in [9.17, 15) is 9.59 Å². The van der Waals surface area contributed by atoms with Crippen LogP contribution in [0.3, 0.4) is 0 Å². The Morgan fingerprint density at radius 1 is 1.17 bits per heavy atom. The number of carbonyl (C=O) groups excluding carboxylic acids is 1. The third kappa shape index (κ3) is 2.93. The van der Waals surface area contributed by atoms with Crippen molar-refractivity contribution in [3.05, 3.63) is 47.0 Å². The molecule has 0 bridgehead atoms. The second kappa shape index (κ2) is 6.83. The van der Waals surface area contributed by atoms with E-state index < -0.39 is 5.56 Å². The van der Waals surface area contributed by atoms with Crippen molar-refractivity contribution in [2.45, 2.75) is 13.8 Å². The second-order valence-corrected chi connectivity index (χ2v) is 7.18. The highest BCUT2D eigenvalue weighted by Crippen LogP contribution is 2.33. The molecule has 4 heterocycles. The van der Waals surface area contributed by atoms with Crippen LogP contribution >= 0.6 is 0 Å². The zero-order valence-corrected chi connectivity index (χ0v) is 16.3. The molecule has 0 fully saturated rings. The molecule has 1 N–H and O–H groups in total. The van der Waals surface area contributed by atoms with Crippen LogP contribution in [0.15, 0.2) is 41.5 Å². The molecule has 1 aliphatic rings. The molecule has 152 valence electrons. The van der Waals surface area contributed by atoms with Gasteiger partial charge in [-0.1, -0.05) is 13.8 Å². The van der Waals surface area contributed by atoms with Crippen molar-refractivity contribution in [1.82, 2.24) is 24.3 Å². The van der Waals surface area contributed by atoms with Crippen LogP contribution in [0.1, 0.15) is 13.8 Å². The number of hydrogen-bond acceptors (Lipinski definition) is 7. The van der Waals surface area contributed by atoms with E-state index in [0.717, 1.165) is 10.2 Å². The van der Waals surface area contributed by atoms with Gasteiger partial charge in [-0.05, 0) is 24.3 Å². The second-order valence-electron chi connectivity index (χ2n) is 7.18. The van der Waals surface area contributed by atoms with Gasteiger partial charge in [-0.2, -0.15) is 9.50 Å². The molecular weight excluding hydrogens is 388 g/mol. The maximum Gasteiger partial charge on any atom is 0.280 e. The summed E-state index contributed by atoms with van der Waals surface area (Å²) in [6.07, 6.45) is 2.93. The zero-order valence-electron chi connectivity index (χ0n) is 16.3. The Labute approximate surface area is 170 Å². The minimum atomic E-state index is -0.396. The monoisotopic (exact) mass is 406 g/mol. The third-order valence-corrected chi connectivity index (χ3v) is 4.79. The van der Waals surface area contributed by atoms with Crippen LogP contribution in [-0.4, -0.2) is 43.4 Å². The summed E-state index contributed by atoms with van der Waals surface area (Å²) in [5.41, 5.74) is 3.46. The van der Waals surface area contributed by atoms with Crippen LogP contribution in [0.4, 0.5) is 0 Å². The van der Waals surface area contributed by atoms with Gasteiger partial charge in [0.1, 0.15) is 13.2 Å². The smallest absolute Gasteiger partial charge is 0.280 e. The maximum atomic E-state index is 12.8. The lowest BCUT2D eigenvalue weighted by Crippen LogP contribution is -2.35. The van der Waals surface area contributed by atoms with E-state index in [2.05, 4.69) is 20.5 Å². The van der Waals surface area contributed by atoms with Gasteiger partial charge in [0.05, 0.1) is 10.9 Å². The first kappa shape index (κ1) is 18.1. The van der Waals surface area contributed by atoms with Crippen LogP contribution in [-0.2, 0) is 4.79 Å². The summed E-state index contributed by atoms with van der Waals surface area (Å²) in [6, 6.07) is 7.17. The molecule has 10 nitrogen and oxygen atoms in total. The van der Waals surface area contributed by atoms with Gasteiger partial charge in [0.2, 0.25) is 5.91 Å². The number of aromatic nitrogens is 5. The lowest BCUT2D eigenvalue weighted by Gasteiger charge is -2.18. The molecule has 1 aliphatic heterocycles. The van der Waals surface area contributed by atoms with Crippen molar-refractivity contribution in [2.75, 3.05) is 18.6 Å². The number of nitrogens with zero attached hydrogens (tertiary/aromatic N) is 5. The summed E-state index contributed by atoms with van der Waals surface area (Å²) in [6.45, 7) is 4.51.